The highest BCUT2D eigenvalue weighted by atomic mass is 127. The van der Waals surface area contributed by atoms with Crippen LogP contribution < -0.4 is 0 Å². The number of halogens is 6. The van der Waals surface area contributed by atoms with E-state index in [9.17, 15) is 26.7 Å². The van der Waals surface area contributed by atoms with Gasteiger partial charge in [-0.05, 0) is 22.6 Å². The number of rotatable bonds is 2. The van der Waals surface area contributed by atoms with Crippen molar-refractivity contribution < 1.29 is 31.5 Å². The largest absolute Gasteiger partial charge is 0.465 e. The Bertz CT molecular complexity index is 475. The van der Waals surface area contributed by atoms with Gasteiger partial charge in [0.25, 0.3) is 6.43 Å². The Labute approximate surface area is 111 Å². The van der Waals surface area contributed by atoms with Gasteiger partial charge in [-0.2, -0.15) is 13.2 Å². The molecule has 100 valence electrons. The minimum absolute atomic E-state index is 0.443. The zero-order valence-corrected chi connectivity index (χ0v) is 10.8. The van der Waals surface area contributed by atoms with Crippen LogP contribution in [-0.4, -0.2) is 18.1 Å². The summed E-state index contributed by atoms with van der Waals surface area (Å²) in [4.78, 5) is 14.3. The third kappa shape index (κ3) is 2.87. The maximum atomic E-state index is 12.8. The molecule has 0 N–H and O–H groups in total. The Morgan fingerprint density at radius 1 is 1.44 bits per heavy atom. The Balaban J connectivity index is 3.57. The molecule has 0 amide bonds. The van der Waals surface area contributed by atoms with E-state index < -0.39 is 39.0 Å². The van der Waals surface area contributed by atoms with Crippen molar-refractivity contribution in [2.75, 3.05) is 7.11 Å². The normalized spacial score (nSPS) is 11.8. The van der Waals surface area contributed by atoms with Gasteiger partial charge < -0.3 is 4.74 Å². The maximum absolute atomic E-state index is 12.8. The molecule has 0 atom stereocenters. The van der Waals surface area contributed by atoms with Crippen molar-refractivity contribution in [3.63, 3.8) is 0 Å². The molecule has 0 aliphatic carbocycles. The molecule has 18 heavy (non-hydrogen) atoms. The SMILES string of the molecule is COC(=O)c1cnc(C(F)F)c(I)c1C(F)(F)F. The number of methoxy groups -OCH3 is 1. The number of carbonyl (C=O) groups excluding carboxylic acids is 1. The molecule has 0 aliphatic heterocycles. The first kappa shape index (κ1) is 15.1. The van der Waals surface area contributed by atoms with E-state index >= 15 is 0 Å². The fourth-order valence-corrected chi connectivity index (χ4v) is 2.17. The fourth-order valence-electron chi connectivity index (χ4n) is 1.20. The van der Waals surface area contributed by atoms with E-state index in [2.05, 4.69) is 9.72 Å². The molecule has 0 unspecified atom stereocenters. The smallest absolute Gasteiger partial charge is 0.418 e. The molecule has 1 heterocycles. The van der Waals surface area contributed by atoms with Crippen LogP contribution in [0.4, 0.5) is 22.0 Å². The zero-order chi connectivity index (χ0) is 14.1. The molecular weight excluding hydrogens is 376 g/mol. The highest BCUT2D eigenvalue weighted by molar-refractivity contribution is 14.1. The summed E-state index contributed by atoms with van der Waals surface area (Å²) in [6.45, 7) is 0. The highest BCUT2D eigenvalue weighted by Crippen LogP contribution is 2.38. The van der Waals surface area contributed by atoms with Crippen LogP contribution in [-0.2, 0) is 10.9 Å². The molecule has 1 rings (SSSR count). The molecule has 3 nitrogen and oxygen atoms in total. The molecule has 0 aromatic carbocycles. The molecule has 9 heteroatoms. The average molecular weight is 381 g/mol. The second-order valence-corrected chi connectivity index (χ2v) is 4.11. The Morgan fingerprint density at radius 2 is 2.00 bits per heavy atom. The molecule has 0 fully saturated rings. The van der Waals surface area contributed by atoms with Crippen LogP contribution in [0.1, 0.15) is 28.0 Å². The van der Waals surface area contributed by atoms with Gasteiger partial charge in [-0.3, -0.25) is 4.98 Å². The first-order chi connectivity index (χ1) is 8.20. The van der Waals surface area contributed by atoms with Crippen LogP contribution in [0.25, 0.3) is 0 Å². The van der Waals surface area contributed by atoms with E-state index in [1.54, 1.807) is 0 Å². The van der Waals surface area contributed by atoms with E-state index in [4.69, 9.17) is 0 Å². The van der Waals surface area contributed by atoms with E-state index in [1.165, 1.54) is 0 Å². The van der Waals surface area contributed by atoms with Crippen molar-refractivity contribution in [2.45, 2.75) is 12.6 Å². The summed E-state index contributed by atoms with van der Waals surface area (Å²) in [5, 5.41) is 0. The van der Waals surface area contributed by atoms with Gasteiger partial charge in [0.05, 0.1) is 21.8 Å². The van der Waals surface area contributed by atoms with Gasteiger partial charge in [0.15, 0.2) is 0 Å². The van der Waals surface area contributed by atoms with E-state index in [0.29, 0.717) is 6.20 Å². The molecule has 0 bridgehead atoms. The van der Waals surface area contributed by atoms with E-state index in [-0.39, 0.29) is 0 Å². The third-order valence-corrected chi connectivity index (χ3v) is 3.03. The number of nitrogens with zero attached hydrogens (tertiary/aromatic N) is 1. The van der Waals surface area contributed by atoms with E-state index in [1.807, 2.05) is 0 Å². The highest BCUT2D eigenvalue weighted by Gasteiger charge is 2.40. The summed E-state index contributed by atoms with van der Waals surface area (Å²) in [6, 6.07) is 0. The number of esters is 1. The van der Waals surface area contributed by atoms with Crippen molar-refractivity contribution in [3.8, 4) is 0 Å². The van der Waals surface area contributed by atoms with Gasteiger partial charge in [-0.25, -0.2) is 13.6 Å². The molecule has 0 spiro atoms. The fraction of sp³-hybridized carbons (Fsp3) is 0.333. The van der Waals surface area contributed by atoms with Gasteiger partial charge in [0.1, 0.15) is 5.69 Å². The summed E-state index contributed by atoms with van der Waals surface area (Å²) < 4.78 is 66.6. The first-order valence-electron chi connectivity index (χ1n) is 4.32. The molecule has 0 saturated carbocycles. The third-order valence-electron chi connectivity index (χ3n) is 1.94. The monoisotopic (exact) mass is 381 g/mol. The summed E-state index contributed by atoms with van der Waals surface area (Å²) >= 11 is 1.09. The lowest BCUT2D eigenvalue weighted by Crippen LogP contribution is -2.18. The summed E-state index contributed by atoms with van der Waals surface area (Å²) in [6.07, 6.45) is -7.67. The Kier molecular flexibility index (Phi) is 4.46. The minimum Gasteiger partial charge on any atom is -0.465 e. The quantitative estimate of drug-likeness (QED) is 0.448. The molecule has 0 radical (unpaired) electrons. The predicted octanol–water partition coefficient (Wildman–Crippen LogP) is 3.43. The minimum atomic E-state index is -4.95. The lowest BCUT2D eigenvalue weighted by Gasteiger charge is -2.15. The van der Waals surface area contributed by atoms with Crippen molar-refractivity contribution in [2.24, 2.45) is 0 Å². The lowest BCUT2D eigenvalue weighted by molar-refractivity contribution is -0.139. The van der Waals surface area contributed by atoms with Crippen molar-refractivity contribution in [1.82, 2.24) is 4.98 Å². The number of alkyl halides is 5. The van der Waals surface area contributed by atoms with Crippen LogP contribution >= 0.6 is 22.6 Å². The summed E-state index contributed by atoms with van der Waals surface area (Å²) in [5.41, 5.74) is -3.37. The van der Waals surface area contributed by atoms with Gasteiger partial charge in [-0.1, -0.05) is 0 Å². The number of hydrogen-bond donors (Lipinski definition) is 0. The second-order valence-electron chi connectivity index (χ2n) is 3.04. The van der Waals surface area contributed by atoms with Gasteiger partial charge >= 0.3 is 12.1 Å². The Hall–Kier alpha value is -1.00. The van der Waals surface area contributed by atoms with Crippen LogP contribution in [0.3, 0.4) is 0 Å². The van der Waals surface area contributed by atoms with Crippen LogP contribution in [0, 0.1) is 3.57 Å². The number of carbonyl (C=O) groups is 1. The maximum Gasteiger partial charge on any atom is 0.418 e. The van der Waals surface area contributed by atoms with Crippen LogP contribution in [0.15, 0.2) is 6.20 Å². The lowest BCUT2D eigenvalue weighted by atomic mass is 10.1. The molecule has 1 aromatic rings. The Morgan fingerprint density at radius 3 is 2.39 bits per heavy atom. The molecule has 0 aliphatic rings. The van der Waals surface area contributed by atoms with E-state index in [0.717, 1.165) is 29.7 Å². The van der Waals surface area contributed by atoms with Crippen molar-refractivity contribution >= 4 is 28.6 Å². The molecular formula is C9H5F5INO2. The van der Waals surface area contributed by atoms with Gasteiger partial charge in [-0.15, -0.1) is 0 Å². The number of pyridine rings is 1. The van der Waals surface area contributed by atoms with Crippen LogP contribution in [0.5, 0.6) is 0 Å². The van der Waals surface area contributed by atoms with Gasteiger partial charge in [0.2, 0.25) is 0 Å². The number of ether oxygens (including phenoxy) is 1. The van der Waals surface area contributed by atoms with Crippen molar-refractivity contribution in [3.05, 3.63) is 26.6 Å². The average Bonchev–Trinajstić information content (AvgIpc) is 2.25. The summed E-state index contributed by atoms with van der Waals surface area (Å²) in [7, 11) is 0.885. The van der Waals surface area contributed by atoms with Gasteiger partial charge in [0, 0.05) is 6.20 Å². The second kappa shape index (κ2) is 5.33. The van der Waals surface area contributed by atoms with Crippen LogP contribution in [0.2, 0.25) is 0 Å². The van der Waals surface area contributed by atoms with Crippen molar-refractivity contribution in [1.29, 1.82) is 0 Å². The molecule has 0 saturated heterocycles. The first-order valence-corrected chi connectivity index (χ1v) is 5.40. The number of aromatic nitrogens is 1. The standard InChI is InChI=1S/C9H5F5INO2/c1-18-8(17)3-2-16-6(7(10)11)5(15)4(3)9(12,13)14/h2,7H,1H3. The topological polar surface area (TPSA) is 39.2 Å². The summed E-state index contributed by atoms with van der Waals surface area (Å²) in [5.74, 6) is -1.28. The number of hydrogen-bond acceptors (Lipinski definition) is 3. The zero-order valence-electron chi connectivity index (χ0n) is 8.69. The molecule has 1 aromatic heterocycles. The predicted molar refractivity (Wildman–Crippen MR) is 58.3 cm³/mol.